The monoisotopic (exact) mass is 359 g/mol. The van der Waals surface area contributed by atoms with E-state index in [1.54, 1.807) is 19.0 Å². The van der Waals surface area contributed by atoms with Crippen molar-refractivity contribution in [2.24, 2.45) is 5.41 Å². The minimum absolute atomic E-state index is 0.0640. The van der Waals surface area contributed by atoms with Gasteiger partial charge in [0.25, 0.3) is 5.91 Å². The summed E-state index contributed by atoms with van der Waals surface area (Å²) < 4.78 is 1.17. The molecule has 0 saturated heterocycles. The van der Waals surface area contributed by atoms with Crippen molar-refractivity contribution in [1.29, 1.82) is 0 Å². The van der Waals surface area contributed by atoms with Gasteiger partial charge in [0.15, 0.2) is 0 Å². The van der Waals surface area contributed by atoms with Gasteiger partial charge in [-0.15, -0.1) is 0 Å². The summed E-state index contributed by atoms with van der Waals surface area (Å²) in [6, 6.07) is 7.99. The number of alkyl halides is 1. The van der Waals surface area contributed by atoms with Gasteiger partial charge in [-0.25, -0.2) is 0 Å². The van der Waals surface area contributed by atoms with Crippen molar-refractivity contribution in [1.82, 2.24) is 4.90 Å². The Morgan fingerprint density at radius 3 is 2.22 bits per heavy atom. The second-order valence-electron chi connectivity index (χ2n) is 5.69. The minimum Gasteiger partial charge on any atom is -0.345 e. The Bertz CT molecular complexity index is 395. The number of aryl methyl sites for hydroxylation is 1. The molecule has 0 unspecified atom stereocenters. The third kappa shape index (κ3) is 4.59. The molecular weight excluding hydrogens is 337 g/mol. The highest BCUT2D eigenvalue weighted by Crippen LogP contribution is 2.25. The van der Waals surface area contributed by atoms with Crippen molar-refractivity contribution in [3.05, 3.63) is 35.4 Å². The number of benzene rings is 1. The molecule has 0 atom stereocenters. The molecule has 0 spiro atoms. The van der Waals surface area contributed by atoms with Gasteiger partial charge in [-0.2, -0.15) is 0 Å². The largest absolute Gasteiger partial charge is 0.345 e. The zero-order chi connectivity index (χ0) is 13.8. The van der Waals surface area contributed by atoms with Gasteiger partial charge in [0.05, 0.1) is 0 Å². The van der Waals surface area contributed by atoms with Crippen LogP contribution in [0, 0.1) is 5.41 Å². The van der Waals surface area contributed by atoms with Gasteiger partial charge < -0.3 is 4.90 Å². The maximum absolute atomic E-state index is 11.7. The highest BCUT2D eigenvalue weighted by atomic mass is 127. The molecule has 0 fully saturated rings. The molecule has 1 rings (SSSR count). The van der Waals surface area contributed by atoms with Gasteiger partial charge in [0.1, 0.15) is 0 Å². The number of rotatable bonds is 5. The molecule has 1 aromatic carbocycles. The van der Waals surface area contributed by atoms with E-state index >= 15 is 0 Å². The first-order valence-electron chi connectivity index (χ1n) is 6.22. The number of carbonyl (C=O) groups excluding carboxylic acids is 1. The highest BCUT2D eigenvalue weighted by Gasteiger charge is 2.15. The molecule has 18 heavy (non-hydrogen) atoms. The molecule has 2 nitrogen and oxygen atoms in total. The molecule has 0 N–H and O–H groups in total. The lowest BCUT2D eigenvalue weighted by Gasteiger charge is -2.21. The van der Waals surface area contributed by atoms with Crippen LogP contribution in [-0.2, 0) is 6.42 Å². The number of carbonyl (C=O) groups is 1. The summed E-state index contributed by atoms with van der Waals surface area (Å²) >= 11 is 2.44. The third-order valence-corrected chi connectivity index (χ3v) is 5.12. The number of nitrogens with zero attached hydrogens (tertiary/aromatic N) is 1. The van der Waals surface area contributed by atoms with Crippen LogP contribution in [0.3, 0.4) is 0 Å². The second kappa shape index (κ2) is 6.55. The number of halogens is 1. The lowest BCUT2D eigenvalue weighted by molar-refractivity contribution is 0.0827. The summed E-state index contributed by atoms with van der Waals surface area (Å²) in [5.41, 5.74) is 2.46. The Morgan fingerprint density at radius 2 is 1.78 bits per heavy atom. The Balaban J connectivity index is 2.64. The normalized spacial score (nSPS) is 11.4. The van der Waals surface area contributed by atoms with E-state index in [1.807, 2.05) is 12.1 Å². The van der Waals surface area contributed by atoms with Crippen molar-refractivity contribution < 1.29 is 4.79 Å². The van der Waals surface area contributed by atoms with E-state index in [1.165, 1.54) is 16.4 Å². The first-order valence-corrected chi connectivity index (χ1v) is 7.75. The molecule has 100 valence electrons. The molecule has 1 amide bonds. The maximum Gasteiger partial charge on any atom is 0.253 e. The van der Waals surface area contributed by atoms with Gasteiger partial charge in [-0.05, 0) is 36.0 Å². The smallest absolute Gasteiger partial charge is 0.253 e. The molecule has 1 aromatic rings. The van der Waals surface area contributed by atoms with E-state index in [-0.39, 0.29) is 5.91 Å². The van der Waals surface area contributed by atoms with Crippen LogP contribution in [0.5, 0.6) is 0 Å². The summed E-state index contributed by atoms with van der Waals surface area (Å²) in [5, 5.41) is 0. The van der Waals surface area contributed by atoms with E-state index in [9.17, 15) is 4.79 Å². The Morgan fingerprint density at radius 1 is 1.22 bits per heavy atom. The van der Waals surface area contributed by atoms with Crippen LogP contribution < -0.4 is 0 Å². The Kier molecular flexibility index (Phi) is 5.63. The first-order chi connectivity index (χ1) is 8.35. The summed E-state index contributed by atoms with van der Waals surface area (Å²) in [6.45, 7) is 4.59. The summed E-state index contributed by atoms with van der Waals surface area (Å²) in [6.07, 6.45) is 2.25. The quantitative estimate of drug-likeness (QED) is 0.579. The second-order valence-corrected chi connectivity index (χ2v) is 6.46. The number of amides is 1. The molecular formula is C15H22INO. The zero-order valence-electron chi connectivity index (χ0n) is 11.7. The van der Waals surface area contributed by atoms with Crippen LogP contribution in [0.1, 0.15) is 36.2 Å². The minimum atomic E-state index is 0.0640. The van der Waals surface area contributed by atoms with Crippen molar-refractivity contribution in [3.63, 3.8) is 0 Å². The lowest BCUT2D eigenvalue weighted by atomic mass is 9.88. The van der Waals surface area contributed by atoms with E-state index in [4.69, 9.17) is 0 Å². The molecule has 0 bridgehead atoms. The summed E-state index contributed by atoms with van der Waals surface area (Å²) in [4.78, 5) is 13.3. The predicted octanol–water partition coefficient (Wildman–Crippen LogP) is 3.78. The van der Waals surface area contributed by atoms with E-state index in [0.717, 1.165) is 12.0 Å². The SMILES string of the molecule is CN(C)C(=O)c1ccc(CCC(C)(C)CI)cc1. The first kappa shape index (κ1) is 15.5. The topological polar surface area (TPSA) is 20.3 Å². The van der Waals surface area contributed by atoms with Gasteiger partial charge in [-0.1, -0.05) is 48.6 Å². The molecule has 0 saturated carbocycles. The summed E-state index contributed by atoms with van der Waals surface area (Å²) in [5.74, 6) is 0.0640. The number of hydrogen-bond acceptors (Lipinski definition) is 1. The molecule has 0 aliphatic heterocycles. The van der Waals surface area contributed by atoms with Gasteiger partial charge >= 0.3 is 0 Å². The fraction of sp³-hybridized carbons (Fsp3) is 0.533. The third-order valence-electron chi connectivity index (χ3n) is 3.06. The van der Waals surface area contributed by atoms with Crippen molar-refractivity contribution in [2.75, 3.05) is 18.5 Å². The lowest BCUT2D eigenvalue weighted by Crippen LogP contribution is -2.21. The molecule has 0 radical (unpaired) electrons. The van der Waals surface area contributed by atoms with Crippen LogP contribution in [0.4, 0.5) is 0 Å². The Hall–Kier alpha value is -0.580. The average molecular weight is 359 g/mol. The van der Waals surface area contributed by atoms with Crippen molar-refractivity contribution in [2.45, 2.75) is 26.7 Å². The van der Waals surface area contributed by atoms with E-state index < -0.39 is 0 Å². The van der Waals surface area contributed by atoms with Gasteiger partial charge in [0, 0.05) is 24.1 Å². The standard InChI is InChI=1S/C15H22INO/c1-15(2,11-16)10-9-12-5-7-13(8-6-12)14(18)17(3)4/h5-8H,9-11H2,1-4H3. The zero-order valence-corrected chi connectivity index (χ0v) is 13.8. The van der Waals surface area contributed by atoms with Gasteiger partial charge in [0.2, 0.25) is 0 Å². The van der Waals surface area contributed by atoms with Crippen LogP contribution in [0.2, 0.25) is 0 Å². The Labute approximate surface area is 124 Å². The molecule has 0 aliphatic rings. The van der Waals surface area contributed by atoms with Crippen molar-refractivity contribution >= 4 is 28.5 Å². The molecule has 0 heterocycles. The average Bonchev–Trinajstić information content (AvgIpc) is 2.36. The fourth-order valence-corrected chi connectivity index (χ4v) is 2.00. The van der Waals surface area contributed by atoms with Crippen LogP contribution >= 0.6 is 22.6 Å². The van der Waals surface area contributed by atoms with Crippen LogP contribution in [0.25, 0.3) is 0 Å². The maximum atomic E-state index is 11.7. The van der Waals surface area contributed by atoms with E-state index in [0.29, 0.717) is 5.41 Å². The molecule has 3 heteroatoms. The van der Waals surface area contributed by atoms with Crippen molar-refractivity contribution in [3.8, 4) is 0 Å². The predicted molar refractivity (Wildman–Crippen MR) is 85.4 cm³/mol. The van der Waals surface area contributed by atoms with Gasteiger partial charge in [-0.3, -0.25) is 4.79 Å². The number of hydrogen-bond donors (Lipinski definition) is 0. The molecule has 0 aromatic heterocycles. The highest BCUT2D eigenvalue weighted by molar-refractivity contribution is 14.1. The van der Waals surface area contributed by atoms with E-state index in [2.05, 4.69) is 48.6 Å². The summed E-state index contributed by atoms with van der Waals surface area (Å²) in [7, 11) is 3.55. The molecule has 0 aliphatic carbocycles. The van der Waals surface area contributed by atoms with Crippen LogP contribution in [-0.4, -0.2) is 29.3 Å². The fourth-order valence-electron chi connectivity index (χ4n) is 1.62. The van der Waals surface area contributed by atoms with Crippen LogP contribution in [0.15, 0.2) is 24.3 Å².